The molecule has 0 bridgehead atoms. The molecule has 2 aromatic heterocycles. The van der Waals surface area contributed by atoms with E-state index in [1.54, 1.807) is 12.5 Å². The van der Waals surface area contributed by atoms with E-state index in [1.165, 1.54) is 32.1 Å². The lowest BCUT2D eigenvalue weighted by Crippen LogP contribution is -2.38. The Morgan fingerprint density at radius 2 is 2.10 bits per heavy atom. The molecule has 29 heavy (non-hydrogen) atoms. The second kappa shape index (κ2) is 13.5. The van der Waals surface area contributed by atoms with Crippen molar-refractivity contribution in [3.05, 3.63) is 42.6 Å². The maximum absolute atomic E-state index is 5.99. The third-order valence-electron chi connectivity index (χ3n) is 4.86. The zero-order valence-corrected chi connectivity index (χ0v) is 19.5. The molecule has 0 spiro atoms. The summed E-state index contributed by atoms with van der Waals surface area (Å²) in [6.45, 7) is 5.18. The third kappa shape index (κ3) is 8.30. The lowest BCUT2D eigenvalue weighted by Gasteiger charge is -2.22. The molecular formula is C21H33IN6O. The molecule has 1 fully saturated rings. The van der Waals surface area contributed by atoms with Crippen LogP contribution in [0.15, 0.2) is 42.0 Å². The number of ether oxygens (including phenoxy) is 1. The Bertz CT molecular complexity index is 716. The van der Waals surface area contributed by atoms with Gasteiger partial charge in [-0.25, -0.2) is 15.0 Å². The van der Waals surface area contributed by atoms with Crippen LogP contribution < -0.4 is 10.6 Å². The van der Waals surface area contributed by atoms with Crippen LogP contribution in [0.5, 0.6) is 0 Å². The van der Waals surface area contributed by atoms with Crippen LogP contribution in [0, 0.1) is 0 Å². The van der Waals surface area contributed by atoms with Gasteiger partial charge >= 0.3 is 0 Å². The Morgan fingerprint density at radius 3 is 2.86 bits per heavy atom. The highest BCUT2D eigenvalue weighted by atomic mass is 127. The number of aliphatic imine (C=N–C) groups is 1. The molecule has 8 heteroatoms. The van der Waals surface area contributed by atoms with Crippen LogP contribution in [0.1, 0.15) is 51.0 Å². The number of pyridine rings is 1. The minimum atomic E-state index is 0. The van der Waals surface area contributed by atoms with Gasteiger partial charge in [0.2, 0.25) is 0 Å². The molecule has 2 aromatic rings. The number of aromatic nitrogens is 3. The van der Waals surface area contributed by atoms with E-state index in [1.807, 2.05) is 29.1 Å². The summed E-state index contributed by atoms with van der Waals surface area (Å²) in [5.41, 5.74) is 1.11. The SMILES string of the molecule is CCNC(=NCc1ccnc(-n2ccnc2)c1)NCCCOC1CCCCC1.I. The van der Waals surface area contributed by atoms with Crippen LogP contribution in [0.25, 0.3) is 5.82 Å². The predicted octanol–water partition coefficient (Wildman–Crippen LogP) is 3.68. The summed E-state index contributed by atoms with van der Waals surface area (Å²) in [6.07, 6.45) is 15.1. The van der Waals surface area contributed by atoms with Crippen molar-refractivity contribution in [2.45, 2.75) is 58.1 Å². The van der Waals surface area contributed by atoms with E-state index in [-0.39, 0.29) is 24.0 Å². The first-order chi connectivity index (χ1) is 13.8. The Kier molecular flexibility index (Phi) is 11.0. The van der Waals surface area contributed by atoms with Gasteiger partial charge in [0.25, 0.3) is 0 Å². The molecule has 0 saturated heterocycles. The molecule has 1 saturated carbocycles. The highest BCUT2D eigenvalue weighted by Gasteiger charge is 2.12. The van der Waals surface area contributed by atoms with E-state index in [9.17, 15) is 0 Å². The van der Waals surface area contributed by atoms with Gasteiger partial charge in [-0.1, -0.05) is 19.3 Å². The van der Waals surface area contributed by atoms with Gasteiger partial charge in [0.1, 0.15) is 12.1 Å². The molecule has 0 amide bonds. The smallest absolute Gasteiger partial charge is 0.191 e. The maximum Gasteiger partial charge on any atom is 0.191 e. The van der Waals surface area contributed by atoms with Gasteiger partial charge in [0.15, 0.2) is 5.96 Å². The molecule has 1 aliphatic carbocycles. The quantitative estimate of drug-likeness (QED) is 0.232. The highest BCUT2D eigenvalue weighted by molar-refractivity contribution is 14.0. The van der Waals surface area contributed by atoms with E-state index in [0.29, 0.717) is 12.6 Å². The zero-order chi connectivity index (χ0) is 19.4. The van der Waals surface area contributed by atoms with Crippen molar-refractivity contribution in [3.8, 4) is 5.82 Å². The largest absolute Gasteiger partial charge is 0.378 e. The van der Waals surface area contributed by atoms with E-state index in [2.05, 4.69) is 27.5 Å². The molecule has 0 radical (unpaired) electrons. The second-order valence-corrected chi connectivity index (χ2v) is 7.10. The molecular weight excluding hydrogens is 479 g/mol. The number of nitrogens with zero attached hydrogens (tertiary/aromatic N) is 4. The number of halogens is 1. The van der Waals surface area contributed by atoms with Crippen molar-refractivity contribution in [2.75, 3.05) is 19.7 Å². The van der Waals surface area contributed by atoms with Crippen LogP contribution in [0.2, 0.25) is 0 Å². The number of nitrogens with one attached hydrogen (secondary N) is 2. The first-order valence-corrected chi connectivity index (χ1v) is 10.4. The molecule has 2 N–H and O–H groups in total. The fraction of sp³-hybridized carbons (Fsp3) is 0.571. The molecule has 7 nitrogen and oxygen atoms in total. The van der Waals surface area contributed by atoms with Crippen molar-refractivity contribution in [1.29, 1.82) is 0 Å². The van der Waals surface area contributed by atoms with Gasteiger partial charge in [-0.2, -0.15) is 0 Å². The normalized spacial score (nSPS) is 15.0. The van der Waals surface area contributed by atoms with E-state index >= 15 is 0 Å². The summed E-state index contributed by atoms with van der Waals surface area (Å²) in [6, 6.07) is 4.03. The molecule has 0 aromatic carbocycles. The average molecular weight is 512 g/mol. The first-order valence-electron chi connectivity index (χ1n) is 10.4. The number of imidazole rings is 1. The summed E-state index contributed by atoms with van der Waals surface area (Å²) in [4.78, 5) is 13.1. The average Bonchev–Trinajstić information content (AvgIpc) is 3.28. The van der Waals surface area contributed by atoms with Gasteiger partial charge in [0.05, 0.1) is 12.6 Å². The van der Waals surface area contributed by atoms with E-state index in [0.717, 1.165) is 43.5 Å². The zero-order valence-electron chi connectivity index (χ0n) is 17.2. The van der Waals surface area contributed by atoms with Crippen molar-refractivity contribution < 1.29 is 4.74 Å². The van der Waals surface area contributed by atoms with Crippen LogP contribution in [0.3, 0.4) is 0 Å². The third-order valence-corrected chi connectivity index (χ3v) is 4.86. The summed E-state index contributed by atoms with van der Waals surface area (Å²) in [5.74, 6) is 1.68. The highest BCUT2D eigenvalue weighted by Crippen LogP contribution is 2.20. The first kappa shape index (κ1) is 23.6. The minimum absolute atomic E-state index is 0. The number of rotatable bonds is 9. The summed E-state index contributed by atoms with van der Waals surface area (Å²) in [7, 11) is 0. The number of hydrogen-bond donors (Lipinski definition) is 2. The van der Waals surface area contributed by atoms with Crippen LogP contribution in [-0.2, 0) is 11.3 Å². The topological polar surface area (TPSA) is 76.4 Å². The summed E-state index contributed by atoms with van der Waals surface area (Å²) in [5, 5.41) is 6.70. The lowest BCUT2D eigenvalue weighted by molar-refractivity contribution is 0.0277. The number of guanidine groups is 1. The van der Waals surface area contributed by atoms with Crippen molar-refractivity contribution in [2.24, 2.45) is 4.99 Å². The van der Waals surface area contributed by atoms with Gasteiger partial charge < -0.3 is 15.4 Å². The Hall–Kier alpha value is -1.68. The molecule has 0 atom stereocenters. The van der Waals surface area contributed by atoms with Crippen LogP contribution in [-0.4, -0.2) is 46.3 Å². The monoisotopic (exact) mass is 512 g/mol. The fourth-order valence-electron chi connectivity index (χ4n) is 3.37. The second-order valence-electron chi connectivity index (χ2n) is 7.10. The molecule has 160 valence electrons. The van der Waals surface area contributed by atoms with E-state index < -0.39 is 0 Å². The molecule has 0 aliphatic heterocycles. The van der Waals surface area contributed by atoms with Gasteiger partial charge in [0, 0.05) is 38.3 Å². The fourth-order valence-corrected chi connectivity index (χ4v) is 3.37. The van der Waals surface area contributed by atoms with Gasteiger partial charge in [-0.3, -0.25) is 4.57 Å². The molecule has 0 unspecified atom stereocenters. The lowest BCUT2D eigenvalue weighted by atomic mass is 9.98. The minimum Gasteiger partial charge on any atom is -0.378 e. The Labute approximate surface area is 190 Å². The Balaban J connectivity index is 0.00000300. The molecule has 3 rings (SSSR count). The van der Waals surface area contributed by atoms with Crippen LogP contribution in [0.4, 0.5) is 0 Å². The van der Waals surface area contributed by atoms with Crippen molar-refractivity contribution in [1.82, 2.24) is 25.2 Å². The molecule has 1 aliphatic rings. The summed E-state index contributed by atoms with van der Waals surface area (Å²) >= 11 is 0. The van der Waals surface area contributed by atoms with E-state index in [4.69, 9.17) is 9.73 Å². The number of hydrogen-bond acceptors (Lipinski definition) is 4. The standard InChI is InChI=1S/C21H32N6O.HI/c1-2-23-21(25-10-6-14-28-19-7-4-3-5-8-19)26-16-18-9-11-24-20(15-18)27-13-12-22-17-27;/h9,11-13,15,17,19H,2-8,10,14,16H2,1H3,(H2,23,25,26);1H. The predicted molar refractivity (Wildman–Crippen MR) is 127 cm³/mol. The maximum atomic E-state index is 5.99. The Morgan fingerprint density at radius 1 is 1.24 bits per heavy atom. The van der Waals surface area contributed by atoms with Crippen molar-refractivity contribution >= 4 is 29.9 Å². The van der Waals surface area contributed by atoms with Crippen LogP contribution >= 0.6 is 24.0 Å². The van der Waals surface area contributed by atoms with Crippen molar-refractivity contribution in [3.63, 3.8) is 0 Å². The molecule has 2 heterocycles. The summed E-state index contributed by atoms with van der Waals surface area (Å²) < 4.78 is 7.88. The van der Waals surface area contributed by atoms with Gasteiger partial charge in [-0.05, 0) is 43.9 Å². The van der Waals surface area contributed by atoms with Gasteiger partial charge in [-0.15, -0.1) is 24.0 Å².